The van der Waals surface area contributed by atoms with Crippen molar-refractivity contribution >= 4 is 48.5 Å². The number of methoxy groups -OCH3 is 1. The molecule has 0 saturated carbocycles. The van der Waals surface area contributed by atoms with Crippen LogP contribution in [0.3, 0.4) is 0 Å². The van der Waals surface area contributed by atoms with E-state index >= 15 is 0 Å². The first kappa shape index (κ1) is 14.6. The van der Waals surface area contributed by atoms with E-state index in [9.17, 15) is 0 Å². The zero-order chi connectivity index (χ0) is 14.2. The number of benzene rings is 1. The van der Waals surface area contributed by atoms with Crippen LogP contribution >= 0.6 is 31.9 Å². The number of rotatable bonds is 3. The minimum atomic E-state index is 0.806. The fourth-order valence-corrected chi connectivity index (χ4v) is 3.75. The SMILES string of the molecule is CCc1nc2c(Br)cc(Br)c(OC)c2c(NC)c1C. The van der Waals surface area contributed by atoms with Gasteiger partial charge in [-0.25, -0.2) is 0 Å². The summed E-state index contributed by atoms with van der Waals surface area (Å²) in [7, 11) is 3.60. The van der Waals surface area contributed by atoms with Crippen LogP contribution in [0.15, 0.2) is 15.0 Å². The molecular weight excluding hydrogens is 372 g/mol. The lowest BCUT2D eigenvalue weighted by atomic mass is 10.0. The number of anilines is 1. The van der Waals surface area contributed by atoms with E-state index in [4.69, 9.17) is 9.72 Å². The fraction of sp³-hybridized carbons (Fsp3) is 0.357. The van der Waals surface area contributed by atoms with Crippen molar-refractivity contribution in [3.05, 3.63) is 26.3 Å². The van der Waals surface area contributed by atoms with Gasteiger partial charge in [0.2, 0.25) is 0 Å². The number of halogens is 2. The second-order valence-corrected chi connectivity index (χ2v) is 5.97. The number of fused-ring (bicyclic) bond motifs is 1. The van der Waals surface area contributed by atoms with Crippen LogP contribution in [0.5, 0.6) is 5.75 Å². The predicted molar refractivity (Wildman–Crippen MR) is 87.4 cm³/mol. The van der Waals surface area contributed by atoms with Crippen molar-refractivity contribution < 1.29 is 4.74 Å². The number of nitrogens with one attached hydrogen (secondary N) is 1. The number of pyridine rings is 1. The zero-order valence-electron chi connectivity index (χ0n) is 11.4. The van der Waals surface area contributed by atoms with Crippen molar-refractivity contribution in [2.75, 3.05) is 19.5 Å². The van der Waals surface area contributed by atoms with Gasteiger partial charge in [0.25, 0.3) is 0 Å². The molecule has 0 amide bonds. The van der Waals surface area contributed by atoms with Crippen LogP contribution in [0.2, 0.25) is 0 Å². The lowest BCUT2D eigenvalue weighted by Crippen LogP contribution is -2.03. The molecule has 5 heteroatoms. The highest BCUT2D eigenvalue weighted by Crippen LogP contribution is 2.42. The summed E-state index contributed by atoms with van der Waals surface area (Å²) in [4.78, 5) is 4.76. The third kappa shape index (κ3) is 2.34. The molecule has 3 nitrogen and oxygen atoms in total. The molecule has 0 bridgehead atoms. The highest BCUT2D eigenvalue weighted by Gasteiger charge is 2.18. The van der Waals surface area contributed by atoms with Gasteiger partial charge >= 0.3 is 0 Å². The Balaban J connectivity index is 3.02. The molecule has 2 rings (SSSR count). The van der Waals surface area contributed by atoms with Crippen LogP contribution in [0.25, 0.3) is 10.9 Å². The van der Waals surface area contributed by atoms with Gasteiger partial charge in [-0.15, -0.1) is 0 Å². The Labute approximate surface area is 130 Å². The lowest BCUT2D eigenvalue weighted by Gasteiger charge is -2.17. The largest absolute Gasteiger partial charge is 0.495 e. The normalized spacial score (nSPS) is 10.8. The van der Waals surface area contributed by atoms with Gasteiger partial charge in [-0.1, -0.05) is 6.92 Å². The van der Waals surface area contributed by atoms with E-state index in [1.54, 1.807) is 7.11 Å². The third-order valence-corrected chi connectivity index (χ3v) is 4.45. The van der Waals surface area contributed by atoms with Gasteiger partial charge < -0.3 is 10.1 Å². The average molecular weight is 388 g/mol. The van der Waals surface area contributed by atoms with E-state index in [-0.39, 0.29) is 0 Å². The first-order valence-electron chi connectivity index (χ1n) is 6.08. The van der Waals surface area contributed by atoms with E-state index in [0.29, 0.717) is 0 Å². The Kier molecular flexibility index (Phi) is 4.36. The Morgan fingerprint density at radius 1 is 1.32 bits per heavy atom. The molecule has 0 saturated heterocycles. The van der Waals surface area contributed by atoms with Crippen LogP contribution < -0.4 is 10.1 Å². The van der Waals surface area contributed by atoms with E-state index in [1.807, 2.05) is 13.1 Å². The van der Waals surface area contributed by atoms with Crippen molar-refractivity contribution in [1.82, 2.24) is 4.98 Å². The van der Waals surface area contributed by atoms with Gasteiger partial charge in [-0.05, 0) is 56.8 Å². The molecule has 0 aliphatic carbocycles. The summed E-state index contributed by atoms with van der Waals surface area (Å²) in [5, 5.41) is 4.28. The molecule has 0 aliphatic rings. The van der Waals surface area contributed by atoms with E-state index in [0.717, 1.165) is 43.4 Å². The van der Waals surface area contributed by atoms with Gasteiger partial charge in [0.15, 0.2) is 0 Å². The third-order valence-electron chi connectivity index (χ3n) is 3.25. The van der Waals surface area contributed by atoms with E-state index in [2.05, 4.69) is 51.0 Å². The molecule has 0 spiro atoms. The summed E-state index contributed by atoms with van der Waals surface area (Å²) >= 11 is 7.13. The summed E-state index contributed by atoms with van der Waals surface area (Å²) in [6.07, 6.45) is 0.904. The first-order valence-corrected chi connectivity index (χ1v) is 7.66. The summed E-state index contributed by atoms with van der Waals surface area (Å²) in [6.45, 7) is 4.20. The van der Waals surface area contributed by atoms with Gasteiger partial charge in [0.1, 0.15) is 5.75 Å². The molecule has 102 valence electrons. The summed E-state index contributed by atoms with van der Waals surface area (Å²) in [5.74, 6) is 0.806. The first-order chi connectivity index (χ1) is 9.04. The predicted octanol–water partition coefficient (Wildman–Crippen LogP) is 4.68. The number of nitrogens with zero attached hydrogens (tertiary/aromatic N) is 1. The average Bonchev–Trinajstić information content (AvgIpc) is 2.39. The van der Waals surface area contributed by atoms with Crippen LogP contribution in [0.4, 0.5) is 5.69 Å². The second kappa shape index (κ2) is 5.67. The topological polar surface area (TPSA) is 34.1 Å². The number of aromatic nitrogens is 1. The Bertz CT molecular complexity index is 641. The molecule has 1 N–H and O–H groups in total. The molecule has 1 aromatic carbocycles. The molecule has 0 unspecified atom stereocenters. The Hall–Kier alpha value is -0.810. The van der Waals surface area contributed by atoms with Crippen LogP contribution in [0, 0.1) is 6.92 Å². The minimum absolute atomic E-state index is 0.806. The zero-order valence-corrected chi connectivity index (χ0v) is 14.6. The van der Waals surface area contributed by atoms with Crippen LogP contribution in [0.1, 0.15) is 18.2 Å². The number of ether oxygens (including phenoxy) is 1. The van der Waals surface area contributed by atoms with Crippen molar-refractivity contribution in [3.63, 3.8) is 0 Å². The smallest absolute Gasteiger partial charge is 0.144 e. The minimum Gasteiger partial charge on any atom is -0.495 e. The molecular formula is C14H16Br2N2O. The van der Waals surface area contributed by atoms with Crippen LogP contribution in [-0.4, -0.2) is 19.1 Å². The maximum atomic E-state index is 5.54. The van der Waals surface area contributed by atoms with Crippen molar-refractivity contribution in [1.29, 1.82) is 0 Å². The van der Waals surface area contributed by atoms with E-state index in [1.165, 1.54) is 5.56 Å². The van der Waals surface area contributed by atoms with Gasteiger partial charge in [0.05, 0.1) is 28.2 Å². The molecule has 19 heavy (non-hydrogen) atoms. The van der Waals surface area contributed by atoms with Gasteiger partial charge in [-0.3, -0.25) is 4.98 Å². The standard InChI is InChI=1S/C14H16Br2N2O/c1-5-10-7(2)12(17-3)11-13(18-10)8(15)6-9(16)14(11)19-4/h6H,5H2,1-4H3,(H,17,18). The summed E-state index contributed by atoms with van der Waals surface area (Å²) in [6, 6.07) is 1.97. The van der Waals surface area contributed by atoms with E-state index < -0.39 is 0 Å². The second-order valence-electron chi connectivity index (χ2n) is 4.26. The number of hydrogen-bond acceptors (Lipinski definition) is 3. The maximum Gasteiger partial charge on any atom is 0.144 e. The van der Waals surface area contributed by atoms with Gasteiger partial charge in [-0.2, -0.15) is 0 Å². The van der Waals surface area contributed by atoms with Gasteiger partial charge in [0, 0.05) is 17.2 Å². The Morgan fingerprint density at radius 2 is 2.00 bits per heavy atom. The maximum absolute atomic E-state index is 5.54. The van der Waals surface area contributed by atoms with Crippen LogP contribution in [-0.2, 0) is 6.42 Å². The van der Waals surface area contributed by atoms with Crippen molar-refractivity contribution in [3.8, 4) is 5.75 Å². The molecule has 0 fully saturated rings. The molecule has 0 radical (unpaired) electrons. The van der Waals surface area contributed by atoms with Crippen molar-refractivity contribution in [2.45, 2.75) is 20.3 Å². The molecule has 1 heterocycles. The molecule has 0 aliphatic heterocycles. The summed E-state index contributed by atoms with van der Waals surface area (Å²) in [5.41, 5.74) is 4.26. The molecule has 1 aromatic heterocycles. The lowest BCUT2D eigenvalue weighted by molar-refractivity contribution is 0.417. The fourth-order valence-electron chi connectivity index (χ4n) is 2.34. The quantitative estimate of drug-likeness (QED) is 0.829. The molecule has 0 atom stereocenters. The number of aryl methyl sites for hydroxylation is 1. The molecule has 2 aromatic rings. The highest BCUT2D eigenvalue weighted by atomic mass is 79.9. The van der Waals surface area contributed by atoms with Crippen molar-refractivity contribution in [2.24, 2.45) is 0 Å². The Morgan fingerprint density at radius 3 is 2.53 bits per heavy atom. The highest BCUT2D eigenvalue weighted by molar-refractivity contribution is 9.11. The summed E-state index contributed by atoms with van der Waals surface area (Å²) < 4.78 is 7.41. The monoisotopic (exact) mass is 386 g/mol. The number of hydrogen-bond donors (Lipinski definition) is 1.